The topological polar surface area (TPSA) is 0 Å². The van der Waals surface area contributed by atoms with Gasteiger partial charge in [-0.25, -0.2) is 0 Å². The van der Waals surface area contributed by atoms with Crippen molar-refractivity contribution in [3.63, 3.8) is 0 Å². The molecule has 0 amide bonds. The van der Waals surface area contributed by atoms with Crippen molar-refractivity contribution >= 4 is 35.3 Å². The molecular weight excluding hydrogens is 687 g/mol. The van der Waals surface area contributed by atoms with E-state index in [1.807, 2.05) is 0 Å². The summed E-state index contributed by atoms with van der Waals surface area (Å²) in [5.74, 6) is 0. The summed E-state index contributed by atoms with van der Waals surface area (Å²) in [7, 11) is -3.36. The first-order chi connectivity index (χ1) is 20.0. The van der Waals surface area contributed by atoms with Crippen LogP contribution < -0.4 is 35.2 Å². The van der Waals surface area contributed by atoms with Gasteiger partial charge < -0.3 is 24.8 Å². The Morgan fingerprint density at radius 3 is 1.77 bits per heavy atom. The Labute approximate surface area is 291 Å². The summed E-state index contributed by atoms with van der Waals surface area (Å²) in [4.78, 5) is 0. The van der Waals surface area contributed by atoms with E-state index in [9.17, 15) is 0 Å². The van der Waals surface area contributed by atoms with Gasteiger partial charge in [0.1, 0.15) is 0 Å². The normalized spacial score (nSPS) is 15.0. The van der Waals surface area contributed by atoms with E-state index in [1.165, 1.54) is 27.8 Å². The second-order valence-electron chi connectivity index (χ2n) is 14.1. The molecule has 2 aliphatic rings. The summed E-state index contributed by atoms with van der Waals surface area (Å²) in [6.07, 6.45) is 8.11. The Hall–Kier alpha value is -1.87. The minimum atomic E-state index is -1.71. The molecule has 2 aliphatic carbocycles. The van der Waals surface area contributed by atoms with Gasteiger partial charge in [0.15, 0.2) is 0 Å². The largest absolute Gasteiger partial charge is 1.00 e. The molecule has 1 unspecified atom stereocenters. The number of rotatable bonds is 6. The molecule has 0 radical (unpaired) electrons. The number of aryl methyl sites for hydroxylation is 1. The van der Waals surface area contributed by atoms with Crippen molar-refractivity contribution in [2.45, 2.75) is 63.2 Å². The summed E-state index contributed by atoms with van der Waals surface area (Å²) in [6, 6.07) is 29.9. The van der Waals surface area contributed by atoms with Crippen LogP contribution in [0.15, 0.2) is 97.1 Å². The smallest absolute Gasteiger partial charge is 1.00 e. The van der Waals surface area contributed by atoms with Crippen molar-refractivity contribution in [1.82, 2.24) is 0 Å². The van der Waals surface area contributed by atoms with Crippen LogP contribution in [0.2, 0.25) is 39.3 Å². The minimum absolute atomic E-state index is 0. The Balaban J connectivity index is 0.00000221. The van der Waals surface area contributed by atoms with Gasteiger partial charge in [-0.1, -0.05) is 0 Å². The van der Waals surface area contributed by atoms with Crippen molar-refractivity contribution in [3.05, 3.63) is 136 Å². The summed E-state index contributed by atoms with van der Waals surface area (Å²) < 4.78 is 2.09. The van der Waals surface area contributed by atoms with Crippen LogP contribution in [-0.2, 0) is 22.8 Å². The molecule has 4 aromatic rings. The van der Waals surface area contributed by atoms with Crippen LogP contribution in [0.25, 0.3) is 16.7 Å². The van der Waals surface area contributed by atoms with Crippen molar-refractivity contribution in [3.8, 4) is 11.1 Å². The zero-order chi connectivity index (χ0) is 29.8. The van der Waals surface area contributed by atoms with E-state index in [2.05, 4.69) is 150 Å². The van der Waals surface area contributed by atoms with Crippen molar-refractivity contribution in [2.75, 3.05) is 0 Å². The predicted molar refractivity (Wildman–Crippen MR) is 187 cm³/mol. The first kappa shape index (κ1) is 35.0. The average Bonchev–Trinajstić information content (AvgIpc) is 3.57. The van der Waals surface area contributed by atoms with Crippen LogP contribution in [0.4, 0.5) is 0 Å². The number of allylic oxidation sites excluding steroid dienone is 4. The molecule has 0 bridgehead atoms. The Morgan fingerprint density at radius 1 is 0.705 bits per heavy atom. The van der Waals surface area contributed by atoms with E-state index in [0.29, 0.717) is 3.63 Å². The number of fused-ring (bicyclic) bond motifs is 3. The zero-order valence-corrected chi connectivity index (χ0v) is 33.2. The maximum atomic E-state index is 2.59. The molecule has 1 atom stereocenters. The summed E-state index contributed by atoms with van der Waals surface area (Å²) in [5, 5.41) is 3.51. The first-order valence-electron chi connectivity index (χ1n) is 15.4. The van der Waals surface area contributed by atoms with Gasteiger partial charge in [-0.15, -0.1) is 0 Å². The quantitative estimate of drug-likeness (QED) is 0.268. The van der Waals surface area contributed by atoms with Gasteiger partial charge in [0.05, 0.1) is 0 Å². The van der Waals surface area contributed by atoms with E-state index < -0.39 is 38.9 Å². The fraction of sp³-hybridized carbons (Fsp3) is 0.256. The van der Waals surface area contributed by atoms with E-state index in [4.69, 9.17) is 0 Å². The fourth-order valence-corrected chi connectivity index (χ4v) is 18.1. The van der Waals surface area contributed by atoms with Crippen LogP contribution in [-0.4, -0.2) is 19.4 Å². The minimum Gasteiger partial charge on any atom is -1.00 e. The zero-order valence-electron chi connectivity index (χ0n) is 27.3. The second kappa shape index (κ2) is 13.5. The molecule has 0 heterocycles. The number of halogens is 2. The SMILES string of the molecule is Cc1ccc2c(c1)[CH]([Zr+2]=[C](c1ccccc1)c1ccccc1)c1c(C3=CC=CC3)c(C)c([Si](C)(C)C)c([Si](C)(C)C)c1-2.[Cl-].[Cl-]. The van der Waals surface area contributed by atoms with Crippen molar-refractivity contribution < 1.29 is 47.6 Å². The molecule has 225 valence electrons. The summed E-state index contributed by atoms with van der Waals surface area (Å²) in [6.45, 7) is 20.3. The molecule has 0 fully saturated rings. The van der Waals surface area contributed by atoms with Crippen LogP contribution in [0.1, 0.15) is 49.0 Å². The molecule has 0 aliphatic heterocycles. The van der Waals surface area contributed by atoms with Crippen LogP contribution in [0.5, 0.6) is 0 Å². The van der Waals surface area contributed by atoms with Crippen molar-refractivity contribution in [1.29, 1.82) is 0 Å². The fourth-order valence-electron chi connectivity index (χ4n) is 7.34. The monoisotopic (exact) mass is 727 g/mol. The number of hydrogen-bond acceptors (Lipinski definition) is 0. The maximum absolute atomic E-state index is 2.59. The third kappa shape index (κ3) is 6.38. The first-order valence-corrected chi connectivity index (χ1v) is 25.0. The van der Waals surface area contributed by atoms with Gasteiger partial charge >= 0.3 is 268 Å². The van der Waals surface area contributed by atoms with Gasteiger partial charge in [-0.2, -0.15) is 0 Å². The molecule has 0 spiro atoms. The van der Waals surface area contributed by atoms with E-state index in [0.717, 1.165) is 6.42 Å². The summed E-state index contributed by atoms with van der Waals surface area (Å²) in [5.41, 5.74) is 15.4. The number of hydrogen-bond donors (Lipinski definition) is 0. The number of benzene rings is 4. The third-order valence-corrected chi connectivity index (χ3v) is 17.6. The molecule has 0 saturated heterocycles. The van der Waals surface area contributed by atoms with Crippen LogP contribution >= 0.6 is 0 Å². The average molecular weight is 730 g/mol. The summed E-state index contributed by atoms with van der Waals surface area (Å²) >= 11 is -1.20. The Kier molecular flexibility index (Phi) is 10.7. The Bertz CT molecular complexity index is 1730. The van der Waals surface area contributed by atoms with E-state index in [-0.39, 0.29) is 24.8 Å². The molecular formula is C39H43Cl2Si2Zr. The second-order valence-corrected chi connectivity index (χ2v) is 27.5. The van der Waals surface area contributed by atoms with Gasteiger partial charge in [0.2, 0.25) is 0 Å². The molecule has 6 rings (SSSR count). The molecule has 0 saturated carbocycles. The molecule has 0 N–H and O–H groups in total. The predicted octanol–water partition coefficient (Wildman–Crippen LogP) is 3.17. The van der Waals surface area contributed by atoms with Gasteiger partial charge in [0, 0.05) is 0 Å². The van der Waals surface area contributed by atoms with E-state index >= 15 is 0 Å². The molecule has 5 heteroatoms. The molecule has 0 aromatic heterocycles. The van der Waals surface area contributed by atoms with E-state index in [1.54, 1.807) is 41.4 Å². The van der Waals surface area contributed by atoms with Gasteiger partial charge in [-0.3, -0.25) is 0 Å². The third-order valence-electron chi connectivity index (χ3n) is 8.87. The standard InChI is InChI=1S/C26H33Si2.C13H10.2ClH.Zr/c1-17-13-14-21-20(15-17)16-22-23(19-11-9-10-12-19)18(2)25(27(3,4)5)26(24(21)22)28(6,7)8;1-3-7-12(8-4-1)11-13-9-5-2-6-10-13;;;/h9-11,13-16H,12H2,1-8H3;1-10H;2*1H;/q;;;;+2/p-2. The molecule has 4 aromatic carbocycles. The maximum Gasteiger partial charge on any atom is -1.00 e. The van der Waals surface area contributed by atoms with Crippen LogP contribution in [0.3, 0.4) is 0 Å². The van der Waals surface area contributed by atoms with Crippen LogP contribution in [0, 0.1) is 13.8 Å². The van der Waals surface area contributed by atoms with Crippen molar-refractivity contribution in [2.24, 2.45) is 0 Å². The molecule has 44 heavy (non-hydrogen) atoms. The Morgan fingerprint density at radius 2 is 1.27 bits per heavy atom. The molecule has 0 nitrogen and oxygen atoms in total. The van der Waals surface area contributed by atoms with Gasteiger partial charge in [-0.05, 0) is 0 Å². The van der Waals surface area contributed by atoms with Gasteiger partial charge in [0.25, 0.3) is 0 Å².